The number of hydrogen-bond acceptors (Lipinski definition) is 2. The van der Waals surface area contributed by atoms with Crippen LogP contribution in [0.1, 0.15) is 25.0 Å². The Morgan fingerprint density at radius 1 is 0.650 bits per heavy atom. The van der Waals surface area contributed by atoms with Gasteiger partial charge in [0.1, 0.15) is 0 Å². The van der Waals surface area contributed by atoms with Gasteiger partial charge in [-0.2, -0.15) is 0 Å². The largest absolute Gasteiger partial charge is 0.292 e. The van der Waals surface area contributed by atoms with Gasteiger partial charge in [0, 0.05) is 34.5 Å². The minimum atomic E-state index is -0.147. The van der Waals surface area contributed by atoms with Crippen LogP contribution in [0.4, 0.5) is 0 Å². The maximum Gasteiger partial charge on any atom is 0.234 e. The van der Waals surface area contributed by atoms with Crippen LogP contribution in [-0.2, 0) is 5.41 Å². The number of pyridine rings is 1. The van der Waals surface area contributed by atoms with Gasteiger partial charge < -0.3 is 0 Å². The molecule has 0 saturated heterocycles. The van der Waals surface area contributed by atoms with Crippen molar-refractivity contribution in [2.75, 3.05) is 0 Å². The topological polar surface area (TPSA) is 30.7 Å². The molecule has 0 radical (unpaired) electrons. The monoisotopic (exact) mass is 513 g/mol. The molecule has 0 saturated carbocycles. The zero-order chi connectivity index (χ0) is 26.8. The van der Waals surface area contributed by atoms with E-state index in [0.29, 0.717) is 5.95 Å². The highest BCUT2D eigenvalue weighted by Gasteiger charge is 2.38. The third-order valence-electron chi connectivity index (χ3n) is 8.34. The van der Waals surface area contributed by atoms with Gasteiger partial charge in [-0.3, -0.25) is 4.57 Å². The second kappa shape index (κ2) is 8.49. The summed E-state index contributed by atoms with van der Waals surface area (Å²) in [6, 6.07) is 36.0. The van der Waals surface area contributed by atoms with Crippen molar-refractivity contribution in [3.05, 3.63) is 143 Å². The minimum absolute atomic E-state index is 0.147. The molecular formula is C37H27N3. The van der Waals surface area contributed by atoms with Crippen molar-refractivity contribution >= 4 is 17.7 Å². The minimum Gasteiger partial charge on any atom is -0.292 e. The maximum atomic E-state index is 5.05. The highest BCUT2D eigenvalue weighted by atomic mass is 15.1. The van der Waals surface area contributed by atoms with Crippen molar-refractivity contribution in [3.8, 4) is 39.6 Å². The molecule has 8 rings (SSSR count). The Morgan fingerprint density at radius 3 is 2.00 bits per heavy atom. The van der Waals surface area contributed by atoms with Crippen molar-refractivity contribution in [3.63, 3.8) is 0 Å². The van der Waals surface area contributed by atoms with E-state index < -0.39 is 0 Å². The number of hydrogen-bond donors (Lipinski definition) is 0. The van der Waals surface area contributed by atoms with Gasteiger partial charge in [-0.15, -0.1) is 0 Å². The Labute approximate surface area is 233 Å². The molecule has 4 aliphatic rings. The first kappa shape index (κ1) is 22.9. The first-order valence-corrected chi connectivity index (χ1v) is 13.8. The molecule has 0 spiro atoms. The van der Waals surface area contributed by atoms with Crippen LogP contribution < -0.4 is 10.4 Å². The zero-order valence-electron chi connectivity index (χ0n) is 22.5. The van der Waals surface area contributed by atoms with Crippen LogP contribution in [0.5, 0.6) is 0 Å². The van der Waals surface area contributed by atoms with Crippen LogP contribution in [0.2, 0.25) is 0 Å². The van der Waals surface area contributed by atoms with Crippen molar-refractivity contribution in [2.24, 2.45) is 0 Å². The summed E-state index contributed by atoms with van der Waals surface area (Å²) in [7, 11) is 0. The molecule has 3 nitrogen and oxygen atoms in total. The van der Waals surface area contributed by atoms with Gasteiger partial charge in [-0.05, 0) is 68.6 Å². The predicted molar refractivity (Wildman–Crippen MR) is 163 cm³/mol. The second-order valence-electron chi connectivity index (χ2n) is 11.2. The van der Waals surface area contributed by atoms with Crippen LogP contribution in [-0.4, -0.2) is 14.5 Å². The summed E-state index contributed by atoms with van der Waals surface area (Å²) in [4.78, 5) is 10.1. The standard InChI is InChI=1S/C37H27N3/c1-37(2)34-28(19-26-15-9-10-16-30(26)34)21-29-20-27-17-18-40(23-31(27)35(29)37)36-38-32(24-11-5-3-6-12-24)22-33(39-36)25-13-7-4-8-14-25/h3-23H,1-2H3. The molecule has 4 aromatic rings. The number of fused-ring (bicyclic) bond motifs is 5. The number of benzene rings is 3. The average Bonchev–Trinajstić information content (AvgIpc) is 3.56. The summed E-state index contributed by atoms with van der Waals surface area (Å²) in [5.74, 6) is 0.661. The summed E-state index contributed by atoms with van der Waals surface area (Å²) in [6.07, 6.45) is 9.00. The summed E-state index contributed by atoms with van der Waals surface area (Å²) in [5.41, 5.74) is 11.7. The van der Waals surface area contributed by atoms with Gasteiger partial charge in [-0.25, -0.2) is 9.97 Å². The Kier molecular flexibility index (Phi) is 4.86. The summed E-state index contributed by atoms with van der Waals surface area (Å²) < 4.78 is 2.08. The maximum absolute atomic E-state index is 5.05. The lowest BCUT2D eigenvalue weighted by Gasteiger charge is -2.33. The van der Waals surface area contributed by atoms with E-state index in [1.165, 1.54) is 43.8 Å². The SMILES string of the molecule is CC1(C)C2=c3ccccc3=CC2=Cc2cc3ccn(-c4nc(-c5ccccc5)cc(-c5ccccc5)n4)cc-3c21. The molecule has 2 heterocycles. The van der Waals surface area contributed by atoms with Crippen molar-refractivity contribution < 1.29 is 0 Å². The van der Waals surface area contributed by atoms with Crippen molar-refractivity contribution in [1.29, 1.82) is 0 Å². The van der Waals surface area contributed by atoms with Gasteiger partial charge >= 0.3 is 0 Å². The molecular weight excluding hydrogens is 486 g/mol. The molecule has 1 aliphatic heterocycles. The van der Waals surface area contributed by atoms with Crippen molar-refractivity contribution in [2.45, 2.75) is 19.3 Å². The molecule has 3 aromatic carbocycles. The highest BCUT2D eigenvalue weighted by Crippen LogP contribution is 2.50. The van der Waals surface area contributed by atoms with E-state index in [2.05, 4.69) is 134 Å². The molecule has 3 heteroatoms. The molecule has 40 heavy (non-hydrogen) atoms. The van der Waals surface area contributed by atoms with Crippen LogP contribution in [0.3, 0.4) is 0 Å². The summed E-state index contributed by atoms with van der Waals surface area (Å²) in [6.45, 7) is 4.72. The van der Waals surface area contributed by atoms with E-state index in [-0.39, 0.29) is 5.41 Å². The van der Waals surface area contributed by atoms with Crippen LogP contribution in [0.25, 0.3) is 57.3 Å². The molecule has 3 aliphatic carbocycles. The summed E-state index contributed by atoms with van der Waals surface area (Å²) >= 11 is 0. The van der Waals surface area contributed by atoms with E-state index in [9.17, 15) is 0 Å². The average molecular weight is 514 g/mol. The lowest BCUT2D eigenvalue weighted by Crippen LogP contribution is -2.31. The van der Waals surface area contributed by atoms with Gasteiger partial charge in [0.05, 0.1) is 11.4 Å². The fraction of sp³-hybridized carbons (Fsp3) is 0.0811. The molecule has 0 unspecified atom stereocenters. The molecule has 1 aromatic heterocycles. The lowest BCUT2D eigenvalue weighted by atomic mass is 9.70. The number of aromatic nitrogens is 3. The van der Waals surface area contributed by atoms with E-state index in [1.807, 2.05) is 12.1 Å². The van der Waals surface area contributed by atoms with Gasteiger partial charge in [0.2, 0.25) is 5.95 Å². The molecule has 0 bridgehead atoms. The van der Waals surface area contributed by atoms with Crippen molar-refractivity contribution in [1.82, 2.24) is 14.5 Å². The fourth-order valence-corrected chi connectivity index (χ4v) is 6.59. The Morgan fingerprint density at radius 2 is 1.30 bits per heavy atom. The highest BCUT2D eigenvalue weighted by molar-refractivity contribution is 6.00. The quantitative estimate of drug-likeness (QED) is 0.254. The normalized spacial score (nSPS) is 14.8. The molecule has 0 N–H and O–H groups in total. The molecule has 0 amide bonds. The smallest absolute Gasteiger partial charge is 0.234 e. The van der Waals surface area contributed by atoms with E-state index in [1.54, 1.807) is 0 Å². The fourth-order valence-electron chi connectivity index (χ4n) is 6.59. The first-order valence-electron chi connectivity index (χ1n) is 13.8. The number of nitrogens with zero attached hydrogens (tertiary/aromatic N) is 3. The predicted octanol–water partition coefficient (Wildman–Crippen LogP) is 7.03. The van der Waals surface area contributed by atoms with E-state index >= 15 is 0 Å². The van der Waals surface area contributed by atoms with Gasteiger partial charge in [-0.1, -0.05) is 98.8 Å². The number of rotatable bonds is 3. The Bertz CT molecular complexity index is 2000. The third kappa shape index (κ3) is 3.44. The lowest BCUT2D eigenvalue weighted by molar-refractivity contribution is 0.689. The zero-order valence-corrected chi connectivity index (χ0v) is 22.5. The first-order chi connectivity index (χ1) is 19.6. The van der Waals surface area contributed by atoms with Crippen LogP contribution >= 0.6 is 0 Å². The Balaban J connectivity index is 1.34. The second-order valence-corrected chi connectivity index (χ2v) is 11.2. The Hall–Kier alpha value is -5.02. The third-order valence-corrected chi connectivity index (χ3v) is 8.34. The molecule has 0 fully saturated rings. The van der Waals surface area contributed by atoms with E-state index in [4.69, 9.17) is 9.97 Å². The van der Waals surface area contributed by atoms with Crippen LogP contribution in [0, 0.1) is 0 Å². The van der Waals surface area contributed by atoms with Crippen LogP contribution in [0.15, 0.2) is 121 Å². The summed E-state index contributed by atoms with van der Waals surface area (Å²) in [5, 5.41) is 2.65. The molecule has 190 valence electrons. The van der Waals surface area contributed by atoms with E-state index in [0.717, 1.165) is 22.5 Å². The molecule has 0 atom stereocenters. The van der Waals surface area contributed by atoms with Gasteiger partial charge in [0.15, 0.2) is 0 Å². The number of allylic oxidation sites excluding steroid dienone is 1. The van der Waals surface area contributed by atoms with Gasteiger partial charge in [0.25, 0.3) is 0 Å².